The zero-order valence-electron chi connectivity index (χ0n) is 11.1. The van der Waals surface area contributed by atoms with Gasteiger partial charge in [-0.3, -0.25) is 4.79 Å². The van der Waals surface area contributed by atoms with Gasteiger partial charge in [0.2, 0.25) is 5.91 Å². The Morgan fingerprint density at radius 2 is 2.32 bits per heavy atom. The van der Waals surface area contributed by atoms with Crippen molar-refractivity contribution in [3.05, 3.63) is 29.8 Å². The summed E-state index contributed by atoms with van der Waals surface area (Å²) in [6.07, 6.45) is 3.58. The van der Waals surface area contributed by atoms with Gasteiger partial charge < -0.3 is 9.64 Å². The number of nitrogens with zero attached hydrogens (tertiary/aromatic N) is 2. The van der Waals surface area contributed by atoms with Crippen molar-refractivity contribution in [2.45, 2.75) is 31.8 Å². The van der Waals surface area contributed by atoms with Crippen LogP contribution in [-0.2, 0) is 9.53 Å². The minimum Gasteiger partial charge on any atom is -0.378 e. The van der Waals surface area contributed by atoms with Crippen LogP contribution in [0, 0.1) is 11.3 Å². The first kappa shape index (κ1) is 13.6. The highest BCUT2D eigenvalue weighted by molar-refractivity contribution is 5.94. The van der Waals surface area contributed by atoms with Gasteiger partial charge in [0, 0.05) is 20.1 Å². The zero-order valence-corrected chi connectivity index (χ0v) is 11.1. The molecule has 1 fully saturated rings. The van der Waals surface area contributed by atoms with E-state index in [0.717, 1.165) is 25.9 Å². The van der Waals surface area contributed by atoms with Crippen LogP contribution in [0.15, 0.2) is 24.3 Å². The van der Waals surface area contributed by atoms with Gasteiger partial charge >= 0.3 is 0 Å². The number of carbonyl (C=O) groups excluding carboxylic acids is 1. The highest BCUT2D eigenvalue weighted by atomic mass is 16.5. The summed E-state index contributed by atoms with van der Waals surface area (Å²) < 4.78 is 5.51. The maximum atomic E-state index is 12.1. The van der Waals surface area contributed by atoms with Crippen molar-refractivity contribution in [3.63, 3.8) is 0 Å². The molecule has 1 aliphatic rings. The van der Waals surface area contributed by atoms with E-state index in [-0.39, 0.29) is 12.0 Å². The van der Waals surface area contributed by atoms with Crippen LogP contribution in [0.25, 0.3) is 0 Å². The Labute approximate surface area is 113 Å². The lowest BCUT2D eigenvalue weighted by molar-refractivity contribution is -0.118. The fourth-order valence-corrected chi connectivity index (χ4v) is 2.32. The van der Waals surface area contributed by atoms with Crippen LogP contribution < -0.4 is 4.90 Å². The van der Waals surface area contributed by atoms with Crippen LogP contribution in [0.3, 0.4) is 0 Å². The summed E-state index contributed by atoms with van der Waals surface area (Å²) in [5, 5.41) is 9.04. The minimum atomic E-state index is 0.0261. The molecule has 1 unspecified atom stereocenters. The summed E-state index contributed by atoms with van der Waals surface area (Å²) in [6.45, 7) is 0.811. The normalized spacial score (nSPS) is 18.0. The second-order valence-corrected chi connectivity index (χ2v) is 4.76. The van der Waals surface area contributed by atoms with Crippen molar-refractivity contribution >= 4 is 11.6 Å². The van der Waals surface area contributed by atoms with E-state index >= 15 is 0 Å². The highest BCUT2D eigenvalue weighted by Gasteiger charge is 2.19. The Bertz CT molecular complexity index is 487. The first-order chi connectivity index (χ1) is 9.22. The van der Waals surface area contributed by atoms with Crippen LogP contribution >= 0.6 is 0 Å². The molecule has 0 spiro atoms. The lowest BCUT2D eigenvalue weighted by Crippen LogP contribution is -2.27. The number of para-hydroxylation sites is 1. The van der Waals surface area contributed by atoms with Gasteiger partial charge in [-0.25, -0.2) is 0 Å². The van der Waals surface area contributed by atoms with Gasteiger partial charge in [-0.05, 0) is 31.4 Å². The topological polar surface area (TPSA) is 53.3 Å². The summed E-state index contributed by atoms with van der Waals surface area (Å²) >= 11 is 0. The second kappa shape index (κ2) is 6.35. The zero-order chi connectivity index (χ0) is 13.7. The van der Waals surface area contributed by atoms with E-state index in [1.807, 2.05) is 6.07 Å². The van der Waals surface area contributed by atoms with Crippen molar-refractivity contribution < 1.29 is 9.53 Å². The first-order valence-corrected chi connectivity index (χ1v) is 6.59. The second-order valence-electron chi connectivity index (χ2n) is 4.76. The molecule has 0 aliphatic carbocycles. The third kappa shape index (κ3) is 3.33. The number of benzene rings is 1. The third-order valence-corrected chi connectivity index (χ3v) is 3.46. The molecule has 100 valence electrons. The van der Waals surface area contributed by atoms with E-state index in [2.05, 4.69) is 6.07 Å². The minimum absolute atomic E-state index is 0.0261. The smallest absolute Gasteiger partial charge is 0.226 e. The molecule has 0 N–H and O–H groups in total. The van der Waals surface area contributed by atoms with Gasteiger partial charge in [-0.2, -0.15) is 5.26 Å². The molecular formula is C15H18N2O2. The number of hydrogen-bond donors (Lipinski definition) is 0. The molecule has 4 heteroatoms. The molecule has 1 amide bonds. The molecule has 1 heterocycles. The third-order valence-electron chi connectivity index (χ3n) is 3.46. The molecule has 19 heavy (non-hydrogen) atoms. The Morgan fingerprint density at radius 1 is 1.53 bits per heavy atom. The average Bonchev–Trinajstić information content (AvgIpc) is 2.97. The lowest BCUT2D eigenvalue weighted by atomic mass is 10.1. The van der Waals surface area contributed by atoms with Gasteiger partial charge in [0.15, 0.2) is 0 Å². The van der Waals surface area contributed by atoms with Gasteiger partial charge in [0.05, 0.1) is 17.4 Å². The predicted molar refractivity (Wildman–Crippen MR) is 72.8 cm³/mol. The molecule has 1 atom stereocenters. The van der Waals surface area contributed by atoms with Crippen molar-refractivity contribution in [1.82, 2.24) is 0 Å². The van der Waals surface area contributed by atoms with E-state index in [9.17, 15) is 4.79 Å². The van der Waals surface area contributed by atoms with Crippen molar-refractivity contribution in [2.75, 3.05) is 18.6 Å². The van der Waals surface area contributed by atoms with Crippen LogP contribution in [0.4, 0.5) is 5.69 Å². The Hall–Kier alpha value is -1.86. The van der Waals surface area contributed by atoms with Crippen molar-refractivity contribution in [3.8, 4) is 6.07 Å². The molecule has 1 saturated heterocycles. The van der Waals surface area contributed by atoms with E-state index in [4.69, 9.17) is 10.00 Å². The maximum Gasteiger partial charge on any atom is 0.226 e. The average molecular weight is 258 g/mol. The summed E-state index contributed by atoms with van der Waals surface area (Å²) in [5.74, 6) is 0.0261. The van der Waals surface area contributed by atoms with Crippen LogP contribution in [0.5, 0.6) is 0 Å². The number of carbonyl (C=O) groups is 1. The summed E-state index contributed by atoms with van der Waals surface area (Å²) in [4.78, 5) is 13.7. The molecule has 0 aromatic heterocycles. The number of amides is 1. The van der Waals surface area contributed by atoms with E-state index in [0.29, 0.717) is 17.7 Å². The predicted octanol–water partition coefficient (Wildman–Crippen LogP) is 2.48. The van der Waals surface area contributed by atoms with E-state index in [1.165, 1.54) is 0 Å². The molecule has 1 aliphatic heterocycles. The standard InChI is InChI=1S/C15H18N2O2/c1-17(14-7-3-2-5-12(14)11-16)15(18)9-8-13-6-4-10-19-13/h2-3,5,7,13H,4,6,8-10H2,1H3. The van der Waals surface area contributed by atoms with Crippen molar-refractivity contribution in [1.29, 1.82) is 5.26 Å². The number of ether oxygens (including phenoxy) is 1. The molecule has 0 saturated carbocycles. The van der Waals surface area contributed by atoms with Gasteiger partial charge in [-0.1, -0.05) is 12.1 Å². The van der Waals surface area contributed by atoms with Gasteiger partial charge in [-0.15, -0.1) is 0 Å². The summed E-state index contributed by atoms with van der Waals surface area (Å²) in [5.41, 5.74) is 1.19. The molecular weight excluding hydrogens is 240 g/mol. The van der Waals surface area contributed by atoms with Gasteiger partial charge in [0.25, 0.3) is 0 Å². The Kier molecular flexibility index (Phi) is 4.53. The number of nitriles is 1. The number of anilines is 1. The Morgan fingerprint density at radius 3 is 3.00 bits per heavy atom. The number of hydrogen-bond acceptors (Lipinski definition) is 3. The largest absolute Gasteiger partial charge is 0.378 e. The first-order valence-electron chi connectivity index (χ1n) is 6.59. The summed E-state index contributed by atoms with van der Waals surface area (Å²) in [7, 11) is 1.72. The quantitative estimate of drug-likeness (QED) is 0.833. The molecule has 0 bridgehead atoms. The highest BCUT2D eigenvalue weighted by Crippen LogP contribution is 2.21. The lowest BCUT2D eigenvalue weighted by Gasteiger charge is -2.19. The van der Waals surface area contributed by atoms with Crippen LogP contribution in [0.2, 0.25) is 0 Å². The van der Waals surface area contributed by atoms with Crippen LogP contribution in [0.1, 0.15) is 31.2 Å². The molecule has 4 nitrogen and oxygen atoms in total. The number of rotatable bonds is 4. The molecule has 1 aromatic carbocycles. The maximum absolute atomic E-state index is 12.1. The Balaban J connectivity index is 1.96. The monoisotopic (exact) mass is 258 g/mol. The van der Waals surface area contributed by atoms with Crippen LogP contribution in [-0.4, -0.2) is 25.7 Å². The van der Waals surface area contributed by atoms with Gasteiger partial charge in [0.1, 0.15) is 6.07 Å². The molecule has 0 radical (unpaired) electrons. The summed E-state index contributed by atoms with van der Waals surface area (Å²) in [6, 6.07) is 9.26. The molecule has 1 aromatic rings. The fraction of sp³-hybridized carbons (Fsp3) is 0.467. The SMILES string of the molecule is CN(C(=O)CCC1CCCO1)c1ccccc1C#N. The van der Waals surface area contributed by atoms with Crippen molar-refractivity contribution in [2.24, 2.45) is 0 Å². The van der Waals surface area contributed by atoms with E-state index < -0.39 is 0 Å². The fourth-order valence-electron chi connectivity index (χ4n) is 2.32. The van der Waals surface area contributed by atoms with E-state index in [1.54, 1.807) is 30.1 Å². The molecule has 2 rings (SSSR count).